The van der Waals surface area contributed by atoms with Gasteiger partial charge in [0.1, 0.15) is 6.04 Å². The Labute approximate surface area is 215 Å². The largest absolute Gasteiger partial charge is 0.354 e. The number of aryl methyl sites for hydroxylation is 1. The van der Waals surface area contributed by atoms with Gasteiger partial charge in [0, 0.05) is 23.1 Å². The molecule has 184 valence electrons. The number of hydrogen-bond donors (Lipinski definition) is 2. The minimum atomic E-state index is -0.719. The quantitative estimate of drug-likeness (QED) is 0.514. The van der Waals surface area contributed by atoms with Crippen LogP contribution in [0.2, 0.25) is 10.0 Å². The molecule has 0 saturated carbocycles. The van der Waals surface area contributed by atoms with Crippen molar-refractivity contribution in [3.05, 3.63) is 81.0 Å². The van der Waals surface area contributed by atoms with E-state index in [1.54, 1.807) is 25.1 Å². The Morgan fingerprint density at radius 2 is 1.91 bits per heavy atom. The summed E-state index contributed by atoms with van der Waals surface area (Å²) in [5.74, 6) is -0.518. The molecule has 2 aliphatic rings. The molecule has 2 N–H and O–H groups in total. The summed E-state index contributed by atoms with van der Waals surface area (Å²) in [6, 6.07) is 13.3. The van der Waals surface area contributed by atoms with Crippen molar-refractivity contribution in [1.29, 1.82) is 0 Å². The van der Waals surface area contributed by atoms with Gasteiger partial charge in [-0.3, -0.25) is 14.5 Å². The summed E-state index contributed by atoms with van der Waals surface area (Å²) < 4.78 is 0. The third-order valence-electron chi connectivity index (χ3n) is 6.47. The number of rotatable bonds is 8. The summed E-state index contributed by atoms with van der Waals surface area (Å²) in [5.41, 5.74) is 2.83. The van der Waals surface area contributed by atoms with Crippen molar-refractivity contribution < 1.29 is 14.4 Å². The molecule has 2 aliphatic heterocycles. The molecule has 2 atom stereocenters. The number of halogens is 2. The van der Waals surface area contributed by atoms with Crippen molar-refractivity contribution in [2.24, 2.45) is 0 Å². The van der Waals surface area contributed by atoms with Gasteiger partial charge in [-0.2, -0.15) is 0 Å². The highest BCUT2D eigenvalue weighted by molar-refractivity contribution is 6.35. The van der Waals surface area contributed by atoms with Crippen molar-refractivity contribution >= 4 is 41.0 Å². The van der Waals surface area contributed by atoms with Crippen LogP contribution < -0.4 is 10.6 Å². The highest BCUT2D eigenvalue weighted by Crippen LogP contribution is 2.39. The number of nitrogens with one attached hydrogen (secondary N) is 2. The topological polar surface area (TPSA) is 81.8 Å². The van der Waals surface area contributed by atoms with Crippen molar-refractivity contribution in [2.75, 3.05) is 19.6 Å². The van der Waals surface area contributed by atoms with Gasteiger partial charge in [-0.25, -0.2) is 4.79 Å². The van der Waals surface area contributed by atoms with Crippen LogP contribution in [0.15, 0.2) is 59.8 Å². The van der Waals surface area contributed by atoms with Crippen LogP contribution in [-0.2, 0) is 16.0 Å². The molecule has 7 nitrogen and oxygen atoms in total. The van der Waals surface area contributed by atoms with Crippen molar-refractivity contribution in [1.82, 2.24) is 20.4 Å². The Bertz CT molecular complexity index is 1170. The maximum atomic E-state index is 13.6. The van der Waals surface area contributed by atoms with Crippen molar-refractivity contribution in [3.8, 4) is 0 Å². The molecule has 2 aromatic carbocycles. The molecule has 0 spiro atoms. The first-order chi connectivity index (χ1) is 16.8. The molecule has 4 amide bonds. The number of benzene rings is 2. The second-order valence-corrected chi connectivity index (χ2v) is 9.49. The number of amides is 4. The lowest BCUT2D eigenvalue weighted by Crippen LogP contribution is -2.47. The maximum absolute atomic E-state index is 13.6. The SMILES string of the molecule is CCN1C(=O)N[C@@H](c2ccc(Cl)cc2Cl)C2=C1CN([C@@H](C)C(=O)NCCCc1ccccc1)C2=O. The summed E-state index contributed by atoms with van der Waals surface area (Å²) in [4.78, 5) is 42.4. The molecule has 2 aromatic rings. The molecular weight excluding hydrogens is 487 g/mol. The Balaban J connectivity index is 1.48. The van der Waals surface area contributed by atoms with Gasteiger partial charge in [-0.05, 0) is 49.9 Å². The van der Waals surface area contributed by atoms with E-state index in [-0.39, 0.29) is 24.4 Å². The average molecular weight is 515 g/mol. The molecule has 0 unspecified atom stereocenters. The van der Waals surface area contributed by atoms with E-state index in [9.17, 15) is 14.4 Å². The normalized spacial score (nSPS) is 18.5. The Morgan fingerprint density at radius 3 is 2.60 bits per heavy atom. The molecule has 0 radical (unpaired) electrons. The summed E-state index contributed by atoms with van der Waals surface area (Å²) in [6.45, 7) is 4.63. The summed E-state index contributed by atoms with van der Waals surface area (Å²) in [5, 5.41) is 6.65. The van der Waals surface area contributed by atoms with E-state index in [0.29, 0.717) is 40.0 Å². The van der Waals surface area contributed by atoms with Crippen LogP contribution in [0.1, 0.15) is 37.4 Å². The number of carbonyl (C=O) groups is 3. The second kappa shape index (κ2) is 10.7. The molecule has 0 fully saturated rings. The molecule has 0 aromatic heterocycles. The van der Waals surface area contributed by atoms with Crippen molar-refractivity contribution in [3.63, 3.8) is 0 Å². The van der Waals surface area contributed by atoms with Crippen LogP contribution in [0.3, 0.4) is 0 Å². The number of nitrogens with zero attached hydrogens (tertiary/aromatic N) is 2. The van der Waals surface area contributed by atoms with Crippen molar-refractivity contribution in [2.45, 2.75) is 38.8 Å². The first-order valence-electron chi connectivity index (χ1n) is 11.7. The fraction of sp³-hybridized carbons (Fsp3) is 0.346. The molecule has 0 saturated heterocycles. The predicted molar refractivity (Wildman–Crippen MR) is 136 cm³/mol. The summed E-state index contributed by atoms with van der Waals surface area (Å²) >= 11 is 12.5. The zero-order valence-corrected chi connectivity index (χ0v) is 21.2. The first-order valence-corrected chi connectivity index (χ1v) is 12.5. The predicted octanol–water partition coefficient (Wildman–Crippen LogP) is 4.31. The van der Waals surface area contributed by atoms with Gasteiger partial charge in [0.05, 0.1) is 23.9 Å². The molecule has 0 bridgehead atoms. The lowest BCUT2D eigenvalue weighted by molar-refractivity contribution is -0.135. The second-order valence-electron chi connectivity index (χ2n) is 8.64. The van der Waals surface area contributed by atoms with E-state index >= 15 is 0 Å². The molecule has 4 rings (SSSR count). The molecule has 0 aliphatic carbocycles. The Hall–Kier alpha value is -3.03. The monoisotopic (exact) mass is 514 g/mol. The van der Waals surface area contributed by atoms with E-state index in [1.807, 2.05) is 25.1 Å². The minimum absolute atomic E-state index is 0.176. The minimum Gasteiger partial charge on any atom is -0.354 e. The smallest absolute Gasteiger partial charge is 0.322 e. The van der Waals surface area contributed by atoms with Gasteiger partial charge in [0.25, 0.3) is 5.91 Å². The lowest BCUT2D eigenvalue weighted by atomic mass is 9.95. The standard InChI is InChI=1S/C26H28Cl2N4O3/c1-3-31-21-15-32(16(2)24(33)29-13-7-10-17-8-5-4-6-9-17)25(34)22(21)23(30-26(31)35)19-12-11-18(27)14-20(19)28/h4-6,8-9,11-12,14,16,23H,3,7,10,13,15H2,1-2H3,(H,29,33)(H,30,35)/t16-,23-/m0/s1. The van der Waals surface area contributed by atoms with Crippen LogP contribution in [0, 0.1) is 0 Å². The highest BCUT2D eigenvalue weighted by atomic mass is 35.5. The van der Waals surface area contributed by atoms with Crippen LogP contribution >= 0.6 is 23.2 Å². The molecule has 35 heavy (non-hydrogen) atoms. The van der Waals surface area contributed by atoms with E-state index in [1.165, 1.54) is 15.4 Å². The summed E-state index contributed by atoms with van der Waals surface area (Å²) in [6.07, 6.45) is 1.65. The number of urea groups is 1. The third kappa shape index (κ3) is 5.16. The van der Waals surface area contributed by atoms with E-state index < -0.39 is 12.1 Å². The Morgan fingerprint density at radius 1 is 1.17 bits per heavy atom. The number of carbonyl (C=O) groups excluding carboxylic acids is 3. The van der Waals surface area contributed by atoms with Crippen LogP contribution in [-0.4, -0.2) is 53.3 Å². The van der Waals surface area contributed by atoms with Gasteiger partial charge in [-0.15, -0.1) is 0 Å². The maximum Gasteiger partial charge on any atom is 0.322 e. The van der Waals surface area contributed by atoms with Gasteiger partial charge in [-0.1, -0.05) is 59.6 Å². The van der Waals surface area contributed by atoms with Gasteiger partial charge in [0.2, 0.25) is 5.91 Å². The fourth-order valence-electron chi connectivity index (χ4n) is 4.57. The van der Waals surface area contributed by atoms with Crippen LogP contribution in [0.25, 0.3) is 0 Å². The van der Waals surface area contributed by atoms with Gasteiger partial charge < -0.3 is 15.5 Å². The van der Waals surface area contributed by atoms with Crippen LogP contribution in [0.4, 0.5) is 4.79 Å². The van der Waals surface area contributed by atoms with E-state index in [0.717, 1.165) is 12.8 Å². The zero-order chi connectivity index (χ0) is 25.1. The molecule has 9 heteroatoms. The average Bonchev–Trinajstić information content (AvgIpc) is 3.18. The highest BCUT2D eigenvalue weighted by Gasteiger charge is 2.46. The number of likely N-dealkylation sites (N-methyl/N-ethyl adjacent to an activating group) is 1. The van der Waals surface area contributed by atoms with Gasteiger partial charge in [0.15, 0.2) is 0 Å². The van der Waals surface area contributed by atoms with E-state index in [2.05, 4.69) is 22.8 Å². The van der Waals surface area contributed by atoms with E-state index in [4.69, 9.17) is 23.2 Å². The first kappa shape index (κ1) is 25.1. The Kier molecular flexibility index (Phi) is 7.67. The number of hydrogen-bond acceptors (Lipinski definition) is 3. The zero-order valence-electron chi connectivity index (χ0n) is 19.7. The van der Waals surface area contributed by atoms with Gasteiger partial charge >= 0.3 is 6.03 Å². The summed E-state index contributed by atoms with van der Waals surface area (Å²) in [7, 11) is 0. The van der Waals surface area contributed by atoms with Crippen LogP contribution in [0.5, 0.6) is 0 Å². The molecule has 2 heterocycles. The molecular formula is C26H28Cl2N4O3. The lowest BCUT2D eigenvalue weighted by Gasteiger charge is -2.33. The third-order valence-corrected chi connectivity index (χ3v) is 7.03. The fourth-order valence-corrected chi connectivity index (χ4v) is 5.09.